The molecule has 0 aliphatic carbocycles. The van der Waals surface area contributed by atoms with Gasteiger partial charge in [-0.2, -0.15) is 0 Å². The van der Waals surface area contributed by atoms with E-state index in [1.54, 1.807) is 7.11 Å². The first-order valence-electron chi connectivity index (χ1n) is 10.1. The molecule has 6 nitrogen and oxygen atoms in total. The predicted molar refractivity (Wildman–Crippen MR) is 114 cm³/mol. The summed E-state index contributed by atoms with van der Waals surface area (Å²) in [5.74, 6) is 1.06. The van der Waals surface area contributed by atoms with E-state index in [4.69, 9.17) is 10.5 Å². The average molecular weight is 396 g/mol. The maximum atomic E-state index is 12.6. The molecular weight excluding hydrogens is 366 g/mol. The van der Waals surface area contributed by atoms with Gasteiger partial charge in [0.2, 0.25) is 11.8 Å². The van der Waals surface area contributed by atoms with Gasteiger partial charge >= 0.3 is 0 Å². The van der Waals surface area contributed by atoms with Crippen LogP contribution in [-0.2, 0) is 22.4 Å². The van der Waals surface area contributed by atoms with E-state index in [-0.39, 0.29) is 11.8 Å². The summed E-state index contributed by atoms with van der Waals surface area (Å²) >= 11 is 0. The summed E-state index contributed by atoms with van der Waals surface area (Å²) in [7, 11) is 1.64. The van der Waals surface area contributed by atoms with Gasteiger partial charge in [-0.3, -0.25) is 9.59 Å². The van der Waals surface area contributed by atoms with Gasteiger partial charge in [-0.05, 0) is 48.2 Å². The first kappa shape index (κ1) is 20.7. The highest BCUT2D eigenvalue weighted by Gasteiger charge is 2.22. The maximum absolute atomic E-state index is 12.6. The first-order chi connectivity index (χ1) is 14.0. The second kappa shape index (κ2) is 9.96. The number of aryl methyl sites for hydroxylation is 1. The number of amides is 2. The Hall–Kier alpha value is -3.02. The number of carbonyl (C=O) groups is 2. The highest BCUT2D eigenvalue weighted by atomic mass is 16.5. The van der Waals surface area contributed by atoms with Crippen LogP contribution >= 0.6 is 0 Å². The average Bonchev–Trinajstić information content (AvgIpc) is 3.00. The van der Waals surface area contributed by atoms with Gasteiger partial charge in [0.1, 0.15) is 5.75 Å². The van der Waals surface area contributed by atoms with E-state index in [0.29, 0.717) is 51.1 Å². The smallest absolute Gasteiger partial charge is 0.227 e. The molecule has 0 aromatic heterocycles. The van der Waals surface area contributed by atoms with Gasteiger partial charge in [-0.1, -0.05) is 24.3 Å². The summed E-state index contributed by atoms with van der Waals surface area (Å²) in [6.07, 6.45) is 2.36. The molecule has 1 saturated heterocycles. The van der Waals surface area contributed by atoms with Crippen molar-refractivity contribution in [2.45, 2.75) is 25.7 Å². The maximum Gasteiger partial charge on any atom is 0.227 e. The normalized spacial score (nSPS) is 14.4. The number of benzene rings is 2. The number of nitrogen functional groups attached to an aromatic ring is 1. The first-order valence-corrected chi connectivity index (χ1v) is 10.1. The third kappa shape index (κ3) is 5.98. The molecule has 3 rings (SSSR count). The van der Waals surface area contributed by atoms with Crippen molar-refractivity contribution in [3.8, 4) is 5.75 Å². The van der Waals surface area contributed by atoms with Crippen molar-refractivity contribution in [1.82, 2.24) is 9.80 Å². The molecule has 0 saturated carbocycles. The molecule has 2 aromatic rings. The van der Waals surface area contributed by atoms with Crippen molar-refractivity contribution in [3.05, 3.63) is 59.7 Å². The summed E-state index contributed by atoms with van der Waals surface area (Å²) in [6.45, 7) is 2.57. The van der Waals surface area contributed by atoms with E-state index in [1.165, 1.54) is 0 Å². The van der Waals surface area contributed by atoms with Gasteiger partial charge in [0.05, 0.1) is 13.5 Å². The second-order valence-corrected chi connectivity index (χ2v) is 7.38. The minimum Gasteiger partial charge on any atom is -0.497 e. The molecule has 0 radical (unpaired) electrons. The Morgan fingerprint density at radius 3 is 2.07 bits per heavy atom. The van der Waals surface area contributed by atoms with Crippen molar-refractivity contribution in [2.75, 3.05) is 39.0 Å². The summed E-state index contributed by atoms with van der Waals surface area (Å²) in [4.78, 5) is 29.0. The molecular formula is C23H29N3O3. The zero-order valence-electron chi connectivity index (χ0n) is 17.0. The van der Waals surface area contributed by atoms with E-state index in [1.807, 2.05) is 58.3 Å². The monoisotopic (exact) mass is 395 g/mol. The van der Waals surface area contributed by atoms with Crippen LogP contribution in [0.4, 0.5) is 5.69 Å². The van der Waals surface area contributed by atoms with Crippen molar-refractivity contribution in [2.24, 2.45) is 0 Å². The van der Waals surface area contributed by atoms with Crippen LogP contribution in [0.3, 0.4) is 0 Å². The molecule has 2 N–H and O–H groups in total. The zero-order valence-corrected chi connectivity index (χ0v) is 17.0. The van der Waals surface area contributed by atoms with Gasteiger partial charge in [-0.15, -0.1) is 0 Å². The minimum atomic E-state index is 0.0994. The van der Waals surface area contributed by atoms with Crippen LogP contribution in [0, 0.1) is 0 Å². The third-order valence-electron chi connectivity index (χ3n) is 5.32. The Bertz CT molecular complexity index is 818. The Labute approximate surface area is 172 Å². The number of anilines is 1. The molecule has 1 heterocycles. The largest absolute Gasteiger partial charge is 0.497 e. The van der Waals surface area contributed by atoms with E-state index in [9.17, 15) is 9.59 Å². The summed E-state index contributed by atoms with van der Waals surface area (Å²) < 4.78 is 5.16. The lowest BCUT2D eigenvalue weighted by Gasteiger charge is -2.22. The van der Waals surface area contributed by atoms with Gasteiger partial charge in [0.15, 0.2) is 0 Å². The number of hydrogen-bond acceptors (Lipinski definition) is 4. The lowest BCUT2D eigenvalue weighted by atomic mass is 10.1. The minimum absolute atomic E-state index is 0.0994. The highest BCUT2D eigenvalue weighted by Crippen LogP contribution is 2.14. The van der Waals surface area contributed by atoms with Crippen LogP contribution < -0.4 is 10.5 Å². The van der Waals surface area contributed by atoms with Crippen molar-refractivity contribution >= 4 is 17.5 Å². The molecule has 6 heteroatoms. The van der Waals surface area contributed by atoms with Crippen LogP contribution in [-0.4, -0.2) is 54.9 Å². The summed E-state index contributed by atoms with van der Waals surface area (Å²) in [6, 6.07) is 15.2. The molecule has 0 unspecified atom stereocenters. The number of carbonyl (C=O) groups excluding carboxylic acids is 2. The van der Waals surface area contributed by atoms with Gasteiger partial charge in [-0.25, -0.2) is 0 Å². The van der Waals surface area contributed by atoms with Crippen LogP contribution in [0.1, 0.15) is 24.0 Å². The highest BCUT2D eigenvalue weighted by molar-refractivity contribution is 5.79. The number of nitrogens with two attached hydrogens (primary N) is 1. The van der Waals surface area contributed by atoms with Gasteiger partial charge in [0.25, 0.3) is 0 Å². The fraction of sp³-hybridized carbons (Fsp3) is 0.391. The summed E-state index contributed by atoms with van der Waals surface area (Å²) in [5, 5.41) is 0. The van der Waals surface area contributed by atoms with Crippen LogP contribution in [0.5, 0.6) is 5.75 Å². The SMILES string of the molecule is COc1ccc(CCC(=O)N2CCCN(C(=O)Cc3ccc(N)cc3)CC2)cc1. The van der Waals surface area contributed by atoms with E-state index < -0.39 is 0 Å². The number of ether oxygens (including phenoxy) is 1. The molecule has 1 fully saturated rings. The third-order valence-corrected chi connectivity index (χ3v) is 5.32. The van der Waals surface area contributed by atoms with Gasteiger partial charge < -0.3 is 20.3 Å². The van der Waals surface area contributed by atoms with E-state index >= 15 is 0 Å². The molecule has 1 aliphatic heterocycles. The lowest BCUT2D eigenvalue weighted by Crippen LogP contribution is -2.38. The van der Waals surface area contributed by atoms with E-state index in [2.05, 4.69) is 0 Å². The number of nitrogens with zero attached hydrogens (tertiary/aromatic N) is 2. The van der Waals surface area contributed by atoms with Crippen LogP contribution in [0.15, 0.2) is 48.5 Å². The van der Waals surface area contributed by atoms with Gasteiger partial charge in [0, 0.05) is 38.3 Å². The molecule has 0 atom stereocenters. The molecule has 2 aromatic carbocycles. The molecule has 2 amide bonds. The number of rotatable bonds is 6. The molecule has 0 bridgehead atoms. The topological polar surface area (TPSA) is 75.9 Å². The number of hydrogen-bond donors (Lipinski definition) is 1. The Kier molecular flexibility index (Phi) is 7.11. The lowest BCUT2D eigenvalue weighted by molar-refractivity contribution is -0.133. The van der Waals surface area contributed by atoms with Crippen molar-refractivity contribution in [1.29, 1.82) is 0 Å². The second-order valence-electron chi connectivity index (χ2n) is 7.38. The molecule has 154 valence electrons. The zero-order chi connectivity index (χ0) is 20.6. The fourth-order valence-corrected chi connectivity index (χ4v) is 3.54. The van der Waals surface area contributed by atoms with Crippen LogP contribution in [0.2, 0.25) is 0 Å². The van der Waals surface area contributed by atoms with Crippen LogP contribution in [0.25, 0.3) is 0 Å². The Morgan fingerprint density at radius 1 is 0.862 bits per heavy atom. The molecule has 1 aliphatic rings. The number of methoxy groups -OCH3 is 1. The Balaban J connectivity index is 1.47. The summed E-state index contributed by atoms with van der Waals surface area (Å²) in [5.41, 5.74) is 8.47. The van der Waals surface area contributed by atoms with Crippen molar-refractivity contribution in [3.63, 3.8) is 0 Å². The van der Waals surface area contributed by atoms with E-state index in [0.717, 1.165) is 23.3 Å². The predicted octanol–water partition coefficient (Wildman–Crippen LogP) is 2.51. The fourth-order valence-electron chi connectivity index (χ4n) is 3.54. The molecule has 0 spiro atoms. The standard InChI is InChI=1S/C23H29N3O3/c1-29-21-10-5-18(6-11-21)7-12-22(27)25-13-2-14-26(16-15-25)23(28)17-19-3-8-20(24)9-4-19/h3-6,8-11H,2,7,12-17,24H2,1H3. The molecule has 29 heavy (non-hydrogen) atoms. The Morgan fingerprint density at radius 2 is 1.45 bits per heavy atom. The quantitative estimate of drug-likeness (QED) is 0.763. The van der Waals surface area contributed by atoms with Crippen molar-refractivity contribution < 1.29 is 14.3 Å².